The van der Waals surface area contributed by atoms with Crippen LogP contribution in [-0.2, 0) is 25.5 Å². The molecule has 0 saturated carbocycles. The largest absolute Gasteiger partial charge is 0.466 e. The molecule has 0 aliphatic rings. The number of benzene rings is 1. The maximum Gasteiger partial charge on any atom is 0.412 e. The molecular formula is C18H26N2O7. The Kier molecular flexibility index (Phi) is 9.04. The van der Waals surface area contributed by atoms with E-state index in [1.54, 1.807) is 32.9 Å². The molecule has 1 N–H and O–H groups in total. The summed E-state index contributed by atoms with van der Waals surface area (Å²) in [6.07, 6.45) is 1.04. The Bertz CT molecular complexity index is 641. The SMILES string of the molecule is CC(C)(C)OC(=O)Nc1ccccc1CCCC(=O)OCCCO[N+](=O)[O-]. The number of hydrogen-bond acceptors (Lipinski definition) is 7. The molecule has 0 aliphatic heterocycles. The zero-order chi connectivity index (χ0) is 20.3. The van der Waals surface area contributed by atoms with E-state index in [4.69, 9.17) is 9.47 Å². The van der Waals surface area contributed by atoms with E-state index in [0.29, 0.717) is 18.5 Å². The third-order valence-electron chi connectivity index (χ3n) is 3.23. The minimum Gasteiger partial charge on any atom is -0.466 e. The van der Waals surface area contributed by atoms with Crippen LogP contribution < -0.4 is 5.32 Å². The van der Waals surface area contributed by atoms with Crippen molar-refractivity contribution < 1.29 is 29.0 Å². The first-order chi connectivity index (χ1) is 12.7. The van der Waals surface area contributed by atoms with Crippen molar-refractivity contribution in [2.75, 3.05) is 18.5 Å². The van der Waals surface area contributed by atoms with Gasteiger partial charge in [-0.1, -0.05) is 18.2 Å². The van der Waals surface area contributed by atoms with Crippen LogP contribution in [-0.4, -0.2) is 36.0 Å². The van der Waals surface area contributed by atoms with Gasteiger partial charge in [-0.05, 0) is 45.2 Å². The third-order valence-corrected chi connectivity index (χ3v) is 3.23. The summed E-state index contributed by atoms with van der Waals surface area (Å²) in [5, 5.41) is 11.8. The number of anilines is 1. The van der Waals surface area contributed by atoms with Crippen molar-refractivity contribution in [1.29, 1.82) is 0 Å². The third kappa shape index (κ3) is 10.7. The second-order valence-corrected chi connectivity index (χ2v) is 6.77. The van der Waals surface area contributed by atoms with Gasteiger partial charge in [0.1, 0.15) is 5.60 Å². The van der Waals surface area contributed by atoms with Crippen LogP contribution in [0.3, 0.4) is 0 Å². The molecule has 9 heteroatoms. The van der Waals surface area contributed by atoms with Crippen LogP contribution in [0.15, 0.2) is 24.3 Å². The zero-order valence-electron chi connectivity index (χ0n) is 15.9. The molecule has 0 spiro atoms. The summed E-state index contributed by atoms with van der Waals surface area (Å²) in [5.74, 6) is -0.381. The predicted octanol–water partition coefficient (Wildman–Crippen LogP) is 3.50. The maximum absolute atomic E-state index is 11.9. The van der Waals surface area contributed by atoms with E-state index in [1.165, 1.54) is 0 Å². The average molecular weight is 382 g/mol. The van der Waals surface area contributed by atoms with E-state index in [9.17, 15) is 19.7 Å². The zero-order valence-corrected chi connectivity index (χ0v) is 15.9. The van der Waals surface area contributed by atoms with Gasteiger partial charge in [-0.2, -0.15) is 0 Å². The highest BCUT2D eigenvalue weighted by molar-refractivity contribution is 5.85. The first kappa shape index (κ1) is 22.2. The van der Waals surface area contributed by atoms with Crippen molar-refractivity contribution >= 4 is 17.7 Å². The number of carbonyl (C=O) groups is 2. The average Bonchev–Trinajstić information content (AvgIpc) is 2.54. The number of nitrogens with one attached hydrogen (secondary N) is 1. The fourth-order valence-electron chi connectivity index (χ4n) is 2.15. The van der Waals surface area contributed by atoms with E-state index in [2.05, 4.69) is 10.2 Å². The molecule has 1 aromatic rings. The fourth-order valence-corrected chi connectivity index (χ4v) is 2.15. The number of rotatable bonds is 10. The number of carbonyl (C=O) groups excluding carboxylic acids is 2. The van der Waals surface area contributed by atoms with Gasteiger partial charge in [0.15, 0.2) is 0 Å². The summed E-state index contributed by atoms with van der Waals surface area (Å²) >= 11 is 0. The Hall–Kier alpha value is -2.84. The summed E-state index contributed by atoms with van der Waals surface area (Å²) in [4.78, 5) is 37.7. The number of para-hydroxylation sites is 1. The van der Waals surface area contributed by atoms with E-state index >= 15 is 0 Å². The van der Waals surface area contributed by atoms with Crippen molar-refractivity contribution in [2.45, 2.75) is 52.1 Å². The lowest BCUT2D eigenvalue weighted by Gasteiger charge is -2.20. The molecular weight excluding hydrogens is 356 g/mol. The van der Waals surface area contributed by atoms with Crippen LogP contribution in [0.2, 0.25) is 0 Å². The van der Waals surface area contributed by atoms with Gasteiger partial charge < -0.3 is 14.3 Å². The van der Waals surface area contributed by atoms with Crippen molar-refractivity contribution in [3.8, 4) is 0 Å². The quantitative estimate of drug-likeness (QED) is 0.285. The molecule has 27 heavy (non-hydrogen) atoms. The molecule has 0 bridgehead atoms. The first-order valence-electron chi connectivity index (χ1n) is 8.68. The van der Waals surface area contributed by atoms with Crippen LogP contribution in [0, 0.1) is 10.1 Å². The van der Waals surface area contributed by atoms with Crippen molar-refractivity contribution in [2.24, 2.45) is 0 Å². The maximum atomic E-state index is 11.9. The molecule has 1 aromatic carbocycles. The van der Waals surface area contributed by atoms with Gasteiger partial charge in [-0.3, -0.25) is 10.1 Å². The Morgan fingerprint density at radius 1 is 1.15 bits per heavy atom. The van der Waals surface area contributed by atoms with Gasteiger partial charge in [0, 0.05) is 18.5 Å². The summed E-state index contributed by atoms with van der Waals surface area (Å²) in [5.41, 5.74) is 0.931. The van der Waals surface area contributed by atoms with Gasteiger partial charge >= 0.3 is 12.1 Å². The molecule has 0 heterocycles. The van der Waals surface area contributed by atoms with Crippen LogP contribution in [0.4, 0.5) is 10.5 Å². The molecule has 0 aliphatic carbocycles. The Labute approximate surface area is 158 Å². The molecule has 0 atom stereocenters. The van der Waals surface area contributed by atoms with Gasteiger partial charge in [-0.15, -0.1) is 10.1 Å². The summed E-state index contributed by atoms with van der Waals surface area (Å²) in [6, 6.07) is 7.29. The molecule has 0 unspecified atom stereocenters. The van der Waals surface area contributed by atoms with E-state index < -0.39 is 16.8 Å². The fraction of sp³-hybridized carbons (Fsp3) is 0.556. The molecule has 150 valence electrons. The molecule has 0 radical (unpaired) electrons. The Morgan fingerprint density at radius 2 is 1.85 bits per heavy atom. The molecule has 0 fully saturated rings. The summed E-state index contributed by atoms with van der Waals surface area (Å²) in [6.45, 7) is 5.32. The highest BCUT2D eigenvalue weighted by Gasteiger charge is 2.17. The standard InChI is InChI=1S/C18H26N2O7/c1-18(2,3)27-17(22)19-15-10-5-4-8-14(15)9-6-11-16(21)25-12-7-13-26-20(23)24/h4-5,8,10H,6-7,9,11-13H2,1-3H3,(H,19,22). The van der Waals surface area contributed by atoms with Crippen molar-refractivity contribution in [1.82, 2.24) is 0 Å². The second kappa shape index (κ2) is 11.0. The monoisotopic (exact) mass is 382 g/mol. The number of nitrogens with zero attached hydrogens (tertiary/aromatic N) is 1. The number of ether oxygens (including phenoxy) is 2. The lowest BCUT2D eigenvalue weighted by molar-refractivity contribution is -0.757. The highest BCUT2D eigenvalue weighted by Crippen LogP contribution is 2.19. The highest BCUT2D eigenvalue weighted by atomic mass is 16.9. The normalized spacial score (nSPS) is 10.8. The molecule has 0 aromatic heterocycles. The molecule has 9 nitrogen and oxygen atoms in total. The molecule has 0 saturated heterocycles. The molecule has 1 amide bonds. The Morgan fingerprint density at radius 3 is 2.52 bits per heavy atom. The molecule has 1 rings (SSSR count). The lowest BCUT2D eigenvalue weighted by Crippen LogP contribution is -2.27. The Balaban J connectivity index is 2.37. The second-order valence-electron chi connectivity index (χ2n) is 6.77. The van der Waals surface area contributed by atoms with E-state index in [-0.39, 0.29) is 32.0 Å². The van der Waals surface area contributed by atoms with Crippen LogP contribution in [0.5, 0.6) is 0 Å². The van der Waals surface area contributed by atoms with Crippen molar-refractivity contribution in [3.05, 3.63) is 39.9 Å². The van der Waals surface area contributed by atoms with Gasteiger partial charge in [-0.25, -0.2) is 4.79 Å². The van der Waals surface area contributed by atoms with Gasteiger partial charge in [0.2, 0.25) is 0 Å². The van der Waals surface area contributed by atoms with E-state index in [0.717, 1.165) is 5.56 Å². The number of aryl methyl sites for hydroxylation is 1. The number of amides is 1. The smallest absolute Gasteiger partial charge is 0.412 e. The number of esters is 1. The van der Waals surface area contributed by atoms with Crippen LogP contribution >= 0.6 is 0 Å². The van der Waals surface area contributed by atoms with Crippen LogP contribution in [0.1, 0.15) is 45.6 Å². The minimum absolute atomic E-state index is 0.0729. The summed E-state index contributed by atoms with van der Waals surface area (Å²) < 4.78 is 10.2. The topological polar surface area (TPSA) is 117 Å². The summed E-state index contributed by atoms with van der Waals surface area (Å²) in [7, 11) is 0. The number of hydrogen-bond donors (Lipinski definition) is 1. The first-order valence-corrected chi connectivity index (χ1v) is 8.68. The lowest BCUT2D eigenvalue weighted by atomic mass is 10.1. The van der Waals surface area contributed by atoms with Crippen molar-refractivity contribution in [3.63, 3.8) is 0 Å². The van der Waals surface area contributed by atoms with Gasteiger partial charge in [0.05, 0.1) is 13.2 Å². The van der Waals surface area contributed by atoms with E-state index in [1.807, 2.05) is 12.1 Å². The van der Waals surface area contributed by atoms with Crippen LogP contribution in [0.25, 0.3) is 0 Å². The predicted molar refractivity (Wildman–Crippen MR) is 97.8 cm³/mol. The van der Waals surface area contributed by atoms with Gasteiger partial charge in [0.25, 0.3) is 5.09 Å². The minimum atomic E-state index is -0.884.